The Kier molecular flexibility index (Phi) is 3.79. The van der Waals surface area contributed by atoms with E-state index in [-0.39, 0.29) is 5.82 Å². The average molecular weight is 295 g/mol. The number of rotatable bonds is 3. The highest BCUT2D eigenvalue weighted by molar-refractivity contribution is 9.10. The zero-order chi connectivity index (χ0) is 12.3. The standard InChI is InChI=1S/C14H12BrFO/c1-10-7-12(15)8-13(16)14(10)17-9-11-5-3-2-4-6-11/h2-8H,9H2,1H3. The first-order valence-electron chi connectivity index (χ1n) is 5.29. The Balaban J connectivity index is 2.15. The largest absolute Gasteiger partial charge is 0.486 e. The maximum Gasteiger partial charge on any atom is 0.166 e. The third-order valence-electron chi connectivity index (χ3n) is 2.42. The molecule has 0 saturated carbocycles. The van der Waals surface area contributed by atoms with Crippen molar-refractivity contribution in [3.8, 4) is 5.75 Å². The van der Waals surface area contributed by atoms with Gasteiger partial charge in [0.15, 0.2) is 11.6 Å². The zero-order valence-corrected chi connectivity index (χ0v) is 11.0. The molecule has 0 aliphatic heterocycles. The number of ether oxygens (including phenoxy) is 1. The molecule has 0 atom stereocenters. The number of hydrogen-bond acceptors (Lipinski definition) is 1. The Morgan fingerprint density at radius 2 is 1.88 bits per heavy atom. The van der Waals surface area contributed by atoms with E-state index in [0.29, 0.717) is 12.4 Å². The van der Waals surface area contributed by atoms with Gasteiger partial charge in [0.25, 0.3) is 0 Å². The normalized spacial score (nSPS) is 10.3. The quantitative estimate of drug-likeness (QED) is 0.811. The van der Waals surface area contributed by atoms with Crippen LogP contribution in [0.3, 0.4) is 0 Å². The van der Waals surface area contributed by atoms with Gasteiger partial charge in [0.2, 0.25) is 0 Å². The Bertz CT molecular complexity index is 488. The summed E-state index contributed by atoms with van der Waals surface area (Å²) in [6.07, 6.45) is 0. The van der Waals surface area contributed by atoms with Crippen LogP contribution in [0.5, 0.6) is 5.75 Å². The highest BCUT2D eigenvalue weighted by Gasteiger charge is 2.08. The van der Waals surface area contributed by atoms with Crippen LogP contribution in [-0.2, 0) is 6.61 Å². The third kappa shape index (κ3) is 3.07. The average Bonchev–Trinajstić information content (AvgIpc) is 2.29. The fourth-order valence-electron chi connectivity index (χ4n) is 1.60. The first-order valence-corrected chi connectivity index (χ1v) is 6.08. The Morgan fingerprint density at radius 3 is 2.53 bits per heavy atom. The van der Waals surface area contributed by atoms with Crippen LogP contribution >= 0.6 is 15.9 Å². The molecular formula is C14H12BrFO. The predicted molar refractivity (Wildman–Crippen MR) is 69.6 cm³/mol. The van der Waals surface area contributed by atoms with Gasteiger partial charge in [-0.3, -0.25) is 0 Å². The van der Waals surface area contributed by atoms with Crippen molar-refractivity contribution in [1.29, 1.82) is 0 Å². The Labute approximate surface area is 108 Å². The number of halogens is 2. The summed E-state index contributed by atoms with van der Waals surface area (Å²) in [4.78, 5) is 0. The number of aryl methyl sites for hydroxylation is 1. The highest BCUT2D eigenvalue weighted by atomic mass is 79.9. The van der Waals surface area contributed by atoms with Crippen molar-refractivity contribution in [3.05, 3.63) is 63.9 Å². The van der Waals surface area contributed by atoms with Gasteiger partial charge in [0.05, 0.1) is 0 Å². The molecule has 0 fully saturated rings. The van der Waals surface area contributed by atoms with Crippen LogP contribution in [-0.4, -0.2) is 0 Å². The van der Waals surface area contributed by atoms with Crippen LogP contribution in [0.25, 0.3) is 0 Å². The van der Waals surface area contributed by atoms with Crippen LogP contribution in [0.4, 0.5) is 4.39 Å². The minimum Gasteiger partial charge on any atom is -0.486 e. The van der Waals surface area contributed by atoms with Crippen molar-refractivity contribution in [2.24, 2.45) is 0 Å². The van der Waals surface area contributed by atoms with E-state index >= 15 is 0 Å². The second-order valence-electron chi connectivity index (χ2n) is 3.81. The van der Waals surface area contributed by atoms with Crippen LogP contribution in [0.15, 0.2) is 46.9 Å². The molecule has 0 amide bonds. The van der Waals surface area contributed by atoms with Gasteiger partial charge < -0.3 is 4.74 Å². The summed E-state index contributed by atoms with van der Waals surface area (Å²) in [6, 6.07) is 13.0. The maximum absolute atomic E-state index is 13.7. The molecule has 17 heavy (non-hydrogen) atoms. The van der Waals surface area contributed by atoms with E-state index in [0.717, 1.165) is 15.6 Å². The van der Waals surface area contributed by atoms with Gasteiger partial charge in [-0.2, -0.15) is 0 Å². The van der Waals surface area contributed by atoms with Crippen LogP contribution in [0, 0.1) is 12.7 Å². The monoisotopic (exact) mass is 294 g/mol. The zero-order valence-electron chi connectivity index (χ0n) is 9.41. The lowest BCUT2D eigenvalue weighted by molar-refractivity contribution is 0.288. The van der Waals surface area contributed by atoms with E-state index < -0.39 is 0 Å². The van der Waals surface area contributed by atoms with Gasteiger partial charge in [-0.25, -0.2) is 4.39 Å². The number of hydrogen-bond donors (Lipinski definition) is 0. The molecule has 0 aliphatic carbocycles. The molecular weight excluding hydrogens is 283 g/mol. The second kappa shape index (κ2) is 5.32. The van der Waals surface area contributed by atoms with Crippen molar-refractivity contribution in [1.82, 2.24) is 0 Å². The van der Waals surface area contributed by atoms with Crippen LogP contribution in [0.2, 0.25) is 0 Å². The topological polar surface area (TPSA) is 9.23 Å². The van der Waals surface area contributed by atoms with E-state index in [1.165, 1.54) is 6.07 Å². The van der Waals surface area contributed by atoms with Gasteiger partial charge in [-0.1, -0.05) is 46.3 Å². The van der Waals surface area contributed by atoms with Gasteiger partial charge >= 0.3 is 0 Å². The molecule has 2 aromatic rings. The molecule has 0 N–H and O–H groups in total. The summed E-state index contributed by atoms with van der Waals surface area (Å²) < 4.78 is 19.9. The molecule has 0 aromatic heterocycles. The molecule has 0 spiro atoms. The number of benzene rings is 2. The van der Waals surface area contributed by atoms with Crippen molar-refractivity contribution in [2.75, 3.05) is 0 Å². The summed E-state index contributed by atoms with van der Waals surface area (Å²) in [7, 11) is 0. The first kappa shape index (κ1) is 12.1. The van der Waals surface area contributed by atoms with E-state index in [9.17, 15) is 4.39 Å². The fourth-order valence-corrected chi connectivity index (χ4v) is 2.15. The molecule has 0 bridgehead atoms. The minimum absolute atomic E-state index is 0.317. The molecule has 2 aromatic carbocycles. The third-order valence-corrected chi connectivity index (χ3v) is 2.88. The second-order valence-corrected chi connectivity index (χ2v) is 4.72. The predicted octanol–water partition coefficient (Wildman–Crippen LogP) is 4.48. The van der Waals surface area contributed by atoms with Crippen molar-refractivity contribution in [3.63, 3.8) is 0 Å². The fraction of sp³-hybridized carbons (Fsp3) is 0.143. The molecule has 0 unspecified atom stereocenters. The summed E-state index contributed by atoms with van der Waals surface area (Å²) in [5.74, 6) is -0.0233. The minimum atomic E-state index is -0.340. The molecule has 3 heteroatoms. The van der Waals surface area contributed by atoms with E-state index in [1.807, 2.05) is 43.3 Å². The summed E-state index contributed by atoms with van der Waals surface area (Å²) in [5, 5.41) is 0. The maximum atomic E-state index is 13.7. The van der Waals surface area contributed by atoms with Crippen molar-refractivity contribution in [2.45, 2.75) is 13.5 Å². The summed E-state index contributed by atoms with van der Waals surface area (Å²) in [5.41, 5.74) is 1.81. The SMILES string of the molecule is Cc1cc(Br)cc(F)c1OCc1ccccc1. The van der Waals surface area contributed by atoms with Crippen LogP contribution < -0.4 is 4.74 Å². The highest BCUT2D eigenvalue weighted by Crippen LogP contribution is 2.27. The van der Waals surface area contributed by atoms with Crippen molar-refractivity contribution >= 4 is 15.9 Å². The van der Waals surface area contributed by atoms with E-state index in [2.05, 4.69) is 15.9 Å². The van der Waals surface area contributed by atoms with Gasteiger partial charge in [0.1, 0.15) is 6.61 Å². The lowest BCUT2D eigenvalue weighted by Crippen LogP contribution is -1.99. The van der Waals surface area contributed by atoms with Gasteiger partial charge in [-0.15, -0.1) is 0 Å². The van der Waals surface area contributed by atoms with Gasteiger partial charge in [0, 0.05) is 4.47 Å². The molecule has 0 aliphatic rings. The molecule has 2 rings (SSSR count). The molecule has 88 valence electrons. The smallest absolute Gasteiger partial charge is 0.166 e. The molecule has 0 heterocycles. The lowest BCUT2D eigenvalue weighted by atomic mass is 10.2. The molecule has 1 nitrogen and oxygen atoms in total. The van der Waals surface area contributed by atoms with E-state index in [1.54, 1.807) is 0 Å². The Morgan fingerprint density at radius 1 is 1.18 bits per heavy atom. The van der Waals surface area contributed by atoms with E-state index in [4.69, 9.17) is 4.74 Å². The van der Waals surface area contributed by atoms with Crippen molar-refractivity contribution < 1.29 is 9.13 Å². The lowest BCUT2D eigenvalue weighted by Gasteiger charge is -2.10. The first-order chi connectivity index (χ1) is 8.16. The van der Waals surface area contributed by atoms with Gasteiger partial charge in [-0.05, 0) is 30.2 Å². The molecule has 0 radical (unpaired) electrons. The summed E-state index contributed by atoms with van der Waals surface area (Å²) >= 11 is 3.25. The summed E-state index contributed by atoms with van der Waals surface area (Å²) in [6.45, 7) is 2.20. The Hall–Kier alpha value is -1.35. The van der Waals surface area contributed by atoms with Crippen LogP contribution in [0.1, 0.15) is 11.1 Å². The molecule has 0 saturated heterocycles.